The summed E-state index contributed by atoms with van der Waals surface area (Å²) >= 11 is 0. The maximum absolute atomic E-state index is 5.69. The lowest BCUT2D eigenvalue weighted by Crippen LogP contribution is -1.92. The summed E-state index contributed by atoms with van der Waals surface area (Å²) in [6, 6.07) is 5.83. The third kappa shape index (κ3) is 1.57. The predicted octanol–water partition coefficient (Wildman–Crippen LogP) is 2.03. The van der Waals surface area contributed by atoms with Crippen LogP contribution in [0.2, 0.25) is 0 Å². The maximum atomic E-state index is 5.69. The van der Waals surface area contributed by atoms with Gasteiger partial charge in [-0.1, -0.05) is 0 Å². The predicted molar refractivity (Wildman–Crippen MR) is 56.6 cm³/mol. The van der Waals surface area contributed by atoms with Crippen LogP contribution in [0.4, 0.5) is 5.69 Å². The SMILES string of the molecule is Cc1cc(-c2cccnc2)ncc1N. The minimum atomic E-state index is 0.720. The van der Waals surface area contributed by atoms with Crippen LogP contribution in [0.5, 0.6) is 0 Å². The second-order valence-corrected chi connectivity index (χ2v) is 3.17. The van der Waals surface area contributed by atoms with Gasteiger partial charge in [0.2, 0.25) is 0 Å². The van der Waals surface area contributed by atoms with E-state index in [4.69, 9.17) is 5.73 Å². The Morgan fingerprint density at radius 3 is 2.79 bits per heavy atom. The van der Waals surface area contributed by atoms with E-state index in [1.54, 1.807) is 18.6 Å². The van der Waals surface area contributed by atoms with Gasteiger partial charge in [-0.3, -0.25) is 9.97 Å². The molecule has 2 N–H and O–H groups in total. The summed E-state index contributed by atoms with van der Waals surface area (Å²) in [5.41, 5.74) is 9.37. The van der Waals surface area contributed by atoms with Crippen molar-refractivity contribution < 1.29 is 0 Å². The Hall–Kier alpha value is -1.90. The van der Waals surface area contributed by atoms with E-state index < -0.39 is 0 Å². The Labute approximate surface area is 82.6 Å². The summed E-state index contributed by atoms with van der Waals surface area (Å²) in [7, 11) is 0. The van der Waals surface area contributed by atoms with Crippen LogP contribution in [0.15, 0.2) is 36.8 Å². The van der Waals surface area contributed by atoms with Crippen LogP contribution in [0.25, 0.3) is 11.3 Å². The van der Waals surface area contributed by atoms with Gasteiger partial charge in [0.1, 0.15) is 0 Å². The first kappa shape index (κ1) is 8.69. The van der Waals surface area contributed by atoms with Crippen LogP contribution < -0.4 is 5.73 Å². The van der Waals surface area contributed by atoms with Gasteiger partial charge < -0.3 is 5.73 Å². The van der Waals surface area contributed by atoms with Crippen molar-refractivity contribution in [2.24, 2.45) is 0 Å². The van der Waals surface area contributed by atoms with Crippen molar-refractivity contribution in [3.63, 3.8) is 0 Å². The number of pyridine rings is 2. The Morgan fingerprint density at radius 2 is 2.14 bits per heavy atom. The quantitative estimate of drug-likeness (QED) is 0.739. The molecule has 3 heteroatoms. The van der Waals surface area contributed by atoms with E-state index >= 15 is 0 Å². The highest BCUT2D eigenvalue weighted by molar-refractivity contribution is 5.61. The molecule has 2 rings (SSSR count). The zero-order valence-electron chi connectivity index (χ0n) is 7.94. The molecule has 0 aliphatic heterocycles. The van der Waals surface area contributed by atoms with E-state index in [1.807, 2.05) is 25.1 Å². The van der Waals surface area contributed by atoms with Gasteiger partial charge in [-0.2, -0.15) is 0 Å². The monoisotopic (exact) mass is 185 g/mol. The van der Waals surface area contributed by atoms with Crippen LogP contribution in [0.1, 0.15) is 5.56 Å². The smallest absolute Gasteiger partial charge is 0.0721 e. The molecule has 70 valence electrons. The zero-order valence-corrected chi connectivity index (χ0v) is 7.94. The molecule has 2 heterocycles. The molecular weight excluding hydrogens is 174 g/mol. The summed E-state index contributed by atoms with van der Waals surface area (Å²) < 4.78 is 0. The van der Waals surface area contributed by atoms with Crippen LogP contribution in [0, 0.1) is 6.92 Å². The first-order chi connectivity index (χ1) is 6.77. The van der Waals surface area contributed by atoms with Crippen LogP contribution >= 0.6 is 0 Å². The second kappa shape index (κ2) is 3.46. The van der Waals surface area contributed by atoms with Crippen molar-refractivity contribution in [1.82, 2.24) is 9.97 Å². The molecule has 2 aromatic rings. The highest BCUT2D eigenvalue weighted by Crippen LogP contribution is 2.18. The van der Waals surface area contributed by atoms with E-state index in [9.17, 15) is 0 Å². The molecule has 0 aliphatic carbocycles. The summed E-state index contributed by atoms with van der Waals surface area (Å²) in [6.07, 6.45) is 5.21. The Kier molecular flexibility index (Phi) is 2.14. The van der Waals surface area contributed by atoms with Gasteiger partial charge in [-0.25, -0.2) is 0 Å². The number of hydrogen-bond donors (Lipinski definition) is 1. The van der Waals surface area contributed by atoms with Crippen molar-refractivity contribution in [1.29, 1.82) is 0 Å². The largest absolute Gasteiger partial charge is 0.397 e. The number of rotatable bonds is 1. The van der Waals surface area contributed by atoms with Crippen molar-refractivity contribution in [3.05, 3.63) is 42.4 Å². The second-order valence-electron chi connectivity index (χ2n) is 3.17. The Balaban J connectivity index is 2.48. The molecule has 0 spiro atoms. The van der Waals surface area contributed by atoms with Crippen LogP contribution in [-0.2, 0) is 0 Å². The molecule has 0 saturated carbocycles. The standard InChI is InChI=1S/C11H11N3/c1-8-5-11(14-7-10(8)12)9-3-2-4-13-6-9/h2-7H,12H2,1H3. The number of nitrogen functional groups attached to an aromatic ring is 1. The normalized spacial score (nSPS) is 10.1. The fraction of sp³-hybridized carbons (Fsp3) is 0.0909. The van der Waals surface area contributed by atoms with Gasteiger partial charge >= 0.3 is 0 Å². The third-order valence-corrected chi connectivity index (χ3v) is 2.11. The number of anilines is 1. The Bertz CT molecular complexity index is 438. The van der Waals surface area contributed by atoms with Gasteiger partial charge in [0, 0.05) is 18.0 Å². The fourth-order valence-corrected chi connectivity index (χ4v) is 1.24. The first-order valence-corrected chi connectivity index (χ1v) is 4.40. The molecule has 0 aromatic carbocycles. The van der Waals surface area contributed by atoms with Gasteiger partial charge in [0.25, 0.3) is 0 Å². The van der Waals surface area contributed by atoms with Crippen LogP contribution in [-0.4, -0.2) is 9.97 Å². The molecule has 0 radical (unpaired) electrons. The average Bonchev–Trinajstić information content (AvgIpc) is 2.23. The minimum absolute atomic E-state index is 0.720. The van der Waals surface area contributed by atoms with Crippen molar-refractivity contribution in [3.8, 4) is 11.3 Å². The number of hydrogen-bond acceptors (Lipinski definition) is 3. The fourth-order valence-electron chi connectivity index (χ4n) is 1.24. The summed E-state index contributed by atoms with van der Waals surface area (Å²) in [4.78, 5) is 8.29. The minimum Gasteiger partial charge on any atom is -0.397 e. The number of aromatic nitrogens is 2. The van der Waals surface area contributed by atoms with Crippen molar-refractivity contribution >= 4 is 5.69 Å². The third-order valence-electron chi connectivity index (χ3n) is 2.11. The molecular formula is C11H11N3. The molecule has 0 saturated heterocycles. The van der Waals surface area contributed by atoms with E-state index in [2.05, 4.69) is 9.97 Å². The lowest BCUT2D eigenvalue weighted by molar-refractivity contribution is 1.26. The van der Waals surface area contributed by atoms with Crippen molar-refractivity contribution in [2.45, 2.75) is 6.92 Å². The number of nitrogens with zero attached hydrogens (tertiary/aromatic N) is 2. The summed E-state index contributed by atoms with van der Waals surface area (Å²) in [5.74, 6) is 0. The van der Waals surface area contributed by atoms with E-state index in [0.717, 1.165) is 22.5 Å². The van der Waals surface area contributed by atoms with E-state index in [1.165, 1.54) is 0 Å². The highest BCUT2D eigenvalue weighted by Gasteiger charge is 2.00. The first-order valence-electron chi connectivity index (χ1n) is 4.40. The molecule has 2 aromatic heterocycles. The lowest BCUT2D eigenvalue weighted by Gasteiger charge is -2.03. The van der Waals surface area contributed by atoms with E-state index in [-0.39, 0.29) is 0 Å². The molecule has 0 bridgehead atoms. The van der Waals surface area contributed by atoms with Gasteiger partial charge in [-0.15, -0.1) is 0 Å². The zero-order chi connectivity index (χ0) is 9.97. The number of aryl methyl sites for hydroxylation is 1. The number of nitrogens with two attached hydrogens (primary N) is 1. The maximum Gasteiger partial charge on any atom is 0.0721 e. The molecule has 3 nitrogen and oxygen atoms in total. The van der Waals surface area contributed by atoms with Gasteiger partial charge in [0.15, 0.2) is 0 Å². The summed E-state index contributed by atoms with van der Waals surface area (Å²) in [5, 5.41) is 0. The molecule has 0 unspecified atom stereocenters. The molecule has 0 fully saturated rings. The van der Waals surface area contributed by atoms with Crippen LogP contribution in [0.3, 0.4) is 0 Å². The molecule has 0 aliphatic rings. The van der Waals surface area contributed by atoms with Crippen molar-refractivity contribution in [2.75, 3.05) is 5.73 Å². The Morgan fingerprint density at radius 1 is 1.29 bits per heavy atom. The lowest BCUT2D eigenvalue weighted by atomic mass is 10.1. The van der Waals surface area contributed by atoms with E-state index in [0.29, 0.717) is 0 Å². The van der Waals surface area contributed by atoms with Gasteiger partial charge in [0.05, 0.1) is 17.6 Å². The van der Waals surface area contributed by atoms with Gasteiger partial charge in [-0.05, 0) is 30.7 Å². The topological polar surface area (TPSA) is 51.8 Å². The molecule has 14 heavy (non-hydrogen) atoms. The molecule has 0 amide bonds. The summed E-state index contributed by atoms with van der Waals surface area (Å²) in [6.45, 7) is 1.97. The average molecular weight is 185 g/mol. The molecule has 0 atom stereocenters. The highest BCUT2D eigenvalue weighted by atomic mass is 14.7.